The molecule has 3 aromatic rings. The fraction of sp³-hybridized carbons (Fsp3) is 0.389. The van der Waals surface area contributed by atoms with Gasteiger partial charge >= 0.3 is 0 Å². The molecule has 0 amide bonds. The van der Waals surface area contributed by atoms with Crippen molar-refractivity contribution in [3.63, 3.8) is 0 Å². The number of rotatable bonds is 3. The van der Waals surface area contributed by atoms with Gasteiger partial charge in [0.15, 0.2) is 0 Å². The summed E-state index contributed by atoms with van der Waals surface area (Å²) in [7, 11) is 3.39. The second-order valence-corrected chi connectivity index (χ2v) is 7.17. The molecule has 1 aliphatic carbocycles. The molecule has 0 N–H and O–H groups in total. The fourth-order valence-electron chi connectivity index (χ4n) is 3.17. The van der Waals surface area contributed by atoms with Crippen molar-refractivity contribution >= 4 is 22.4 Å². The van der Waals surface area contributed by atoms with Crippen LogP contribution in [0.5, 0.6) is 5.88 Å². The van der Waals surface area contributed by atoms with Crippen molar-refractivity contribution in [2.45, 2.75) is 32.3 Å². The smallest absolute Gasteiger partial charge is 0.232 e. The summed E-state index contributed by atoms with van der Waals surface area (Å²) in [6.07, 6.45) is 4.94. The van der Waals surface area contributed by atoms with Crippen molar-refractivity contribution in [1.82, 2.24) is 15.0 Å². The average molecular weight is 341 g/mol. The first-order chi connectivity index (χ1) is 11.7. The van der Waals surface area contributed by atoms with Crippen LogP contribution in [0.4, 0.5) is 0 Å². The monoisotopic (exact) mass is 341 g/mol. The second kappa shape index (κ2) is 6.11. The Morgan fingerprint density at radius 2 is 2.08 bits per heavy atom. The molecule has 0 fully saturated rings. The predicted octanol–water partition coefficient (Wildman–Crippen LogP) is 3.57. The van der Waals surface area contributed by atoms with Crippen LogP contribution in [0.15, 0.2) is 18.3 Å². The van der Waals surface area contributed by atoms with Gasteiger partial charge in [-0.3, -0.25) is 0 Å². The highest BCUT2D eigenvalue weighted by atomic mass is 32.1. The summed E-state index contributed by atoms with van der Waals surface area (Å²) < 4.78 is 10.7. The van der Waals surface area contributed by atoms with Crippen LogP contribution in [-0.2, 0) is 17.6 Å². The molecule has 0 saturated heterocycles. The quantitative estimate of drug-likeness (QED) is 0.729. The van der Waals surface area contributed by atoms with E-state index in [1.165, 1.54) is 10.6 Å². The molecule has 0 saturated carbocycles. The standard InChI is InChI=1S/C18H19N3O2S/c1-10-6-12(17-14(7-10)20-16(23-3)9-19-17)18-21-13-5-4-11(22-2)8-15(13)24-18/h6-7,9,11H,4-5,8H2,1-3H3. The van der Waals surface area contributed by atoms with E-state index in [0.717, 1.165) is 46.4 Å². The van der Waals surface area contributed by atoms with Gasteiger partial charge in [0.1, 0.15) is 5.01 Å². The number of aromatic nitrogens is 3. The normalized spacial score (nSPS) is 17.0. The Kier molecular flexibility index (Phi) is 3.94. The largest absolute Gasteiger partial charge is 0.480 e. The van der Waals surface area contributed by atoms with Crippen LogP contribution in [0.25, 0.3) is 21.6 Å². The highest BCUT2D eigenvalue weighted by Gasteiger charge is 2.23. The zero-order valence-corrected chi connectivity index (χ0v) is 14.8. The summed E-state index contributed by atoms with van der Waals surface area (Å²) in [5.74, 6) is 0.528. The van der Waals surface area contributed by atoms with E-state index in [9.17, 15) is 0 Å². The van der Waals surface area contributed by atoms with E-state index in [0.29, 0.717) is 12.0 Å². The molecule has 2 heterocycles. The molecule has 24 heavy (non-hydrogen) atoms. The van der Waals surface area contributed by atoms with E-state index < -0.39 is 0 Å². The summed E-state index contributed by atoms with van der Waals surface area (Å²) in [5, 5.41) is 1.02. The fourth-order valence-corrected chi connectivity index (χ4v) is 4.36. The highest BCUT2D eigenvalue weighted by molar-refractivity contribution is 7.15. The number of benzene rings is 1. The second-order valence-electron chi connectivity index (χ2n) is 6.08. The summed E-state index contributed by atoms with van der Waals surface area (Å²) in [4.78, 5) is 15.3. The molecular weight excluding hydrogens is 322 g/mol. The molecule has 124 valence electrons. The van der Waals surface area contributed by atoms with E-state index in [1.807, 2.05) is 6.07 Å². The van der Waals surface area contributed by atoms with Crippen LogP contribution in [0.3, 0.4) is 0 Å². The third-order valence-electron chi connectivity index (χ3n) is 4.44. The van der Waals surface area contributed by atoms with Crippen LogP contribution in [0.2, 0.25) is 0 Å². The summed E-state index contributed by atoms with van der Waals surface area (Å²) in [6, 6.07) is 4.17. The van der Waals surface area contributed by atoms with E-state index in [1.54, 1.807) is 31.8 Å². The zero-order chi connectivity index (χ0) is 16.7. The van der Waals surface area contributed by atoms with Gasteiger partial charge in [0.25, 0.3) is 0 Å². The molecule has 2 aromatic heterocycles. The van der Waals surface area contributed by atoms with E-state index in [-0.39, 0.29) is 0 Å². The van der Waals surface area contributed by atoms with Crippen LogP contribution >= 0.6 is 11.3 Å². The molecular formula is C18H19N3O2S. The Labute approximate surface area is 144 Å². The van der Waals surface area contributed by atoms with Crippen molar-refractivity contribution in [1.29, 1.82) is 0 Å². The van der Waals surface area contributed by atoms with Gasteiger partial charge < -0.3 is 9.47 Å². The molecule has 1 aromatic carbocycles. The van der Waals surface area contributed by atoms with Gasteiger partial charge in [-0.1, -0.05) is 0 Å². The first-order valence-corrected chi connectivity index (χ1v) is 8.82. The summed E-state index contributed by atoms with van der Waals surface area (Å²) in [6.45, 7) is 2.07. The number of ether oxygens (including phenoxy) is 2. The van der Waals surface area contributed by atoms with Gasteiger partial charge in [-0.25, -0.2) is 15.0 Å². The Hall–Kier alpha value is -2.05. The van der Waals surface area contributed by atoms with Crippen molar-refractivity contribution in [2.24, 2.45) is 0 Å². The number of fused-ring (bicyclic) bond motifs is 2. The van der Waals surface area contributed by atoms with Gasteiger partial charge in [0, 0.05) is 24.0 Å². The molecule has 6 heteroatoms. The van der Waals surface area contributed by atoms with Crippen LogP contribution in [0, 0.1) is 6.92 Å². The van der Waals surface area contributed by atoms with Crippen molar-refractivity contribution in [3.05, 3.63) is 34.5 Å². The van der Waals surface area contributed by atoms with Crippen molar-refractivity contribution < 1.29 is 9.47 Å². The van der Waals surface area contributed by atoms with Crippen molar-refractivity contribution in [3.8, 4) is 16.5 Å². The maximum Gasteiger partial charge on any atom is 0.232 e. The number of hydrogen-bond acceptors (Lipinski definition) is 6. The minimum absolute atomic E-state index is 0.309. The molecule has 1 atom stereocenters. The Balaban J connectivity index is 1.83. The number of hydrogen-bond donors (Lipinski definition) is 0. The van der Waals surface area contributed by atoms with Gasteiger partial charge in [-0.05, 0) is 37.5 Å². The minimum atomic E-state index is 0.309. The van der Waals surface area contributed by atoms with Crippen molar-refractivity contribution in [2.75, 3.05) is 14.2 Å². The van der Waals surface area contributed by atoms with Crippen LogP contribution in [-0.4, -0.2) is 35.3 Å². The molecule has 0 spiro atoms. The van der Waals surface area contributed by atoms with E-state index in [4.69, 9.17) is 14.5 Å². The van der Waals surface area contributed by atoms with Crippen LogP contribution < -0.4 is 4.74 Å². The summed E-state index contributed by atoms with van der Waals surface area (Å²) in [5.41, 5.74) is 5.11. The average Bonchev–Trinajstić information content (AvgIpc) is 3.03. The number of methoxy groups -OCH3 is 2. The maximum atomic E-state index is 5.52. The highest BCUT2D eigenvalue weighted by Crippen LogP contribution is 2.36. The van der Waals surface area contributed by atoms with Crippen LogP contribution in [0.1, 0.15) is 22.6 Å². The topological polar surface area (TPSA) is 57.1 Å². The lowest BCUT2D eigenvalue weighted by molar-refractivity contribution is 0.0916. The van der Waals surface area contributed by atoms with Gasteiger partial charge in [-0.2, -0.15) is 0 Å². The molecule has 4 rings (SSSR count). The molecule has 5 nitrogen and oxygen atoms in total. The lowest BCUT2D eigenvalue weighted by Crippen LogP contribution is -2.19. The Morgan fingerprint density at radius 1 is 1.21 bits per heavy atom. The Bertz CT molecular complexity index is 907. The lowest BCUT2D eigenvalue weighted by atomic mass is 10.00. The molecule has 0 radical (unpaired) electrons. The molecule has 0 aliphatic heterocycles. The third kappa shape index (κ3) is 2.65. The third-order valence-corrected chi connectivity index (χ3v) is 5.59. The SMILES string of the molecule is COc1cnc2c(-c3nc4c(s3)CC(OC)CC4)cc(C)cc2n1. The molecule has 0 bridgehead atoms. The van der Waals surface area contributed by atoms with Gasteiger partial charge in [0.05, 0.1) is 36.1 Å². The summed E-state index contributed by atoms with van der Waals surface area (Å²) >= 11 is 1.75. The number of nitrogens with zero attached hydrogens (tertiary/aromatic N) is 3. The first kappa shape index (κ1) is 15.5. The maximum absolute atomic E-state index is 5.52. The molecule has 1 unspecified atom stereocenters. The minimum Gasteiger partial charge on any atom is -0.480 e. The molecule has 1 aliphatic rings. The Morgan fingerprint density at radius 3 is 2.88 bits per heavy atom. The van der Waals surface area contributed by atoms with Gasteiger partial charge in [-0.15, -0.1) is 11.3 Å². The van der Waals surface area contributed by atoms with Gasteiger partial charge in [0.2, 0.25) is 5.88 Å². The number of thiazole rings is 1. The van der Waals surface area contributed by atoms with E-state index >= 15 is 0 Å². The zero-order valence-electron chi connectivity index (χ0n) is 14.0. The van der Waals surface area contributed by atoms with E-state index in [2.05, 4.69) is 23.0 Å². The number of aryl methyl sites for hydroxylation is 2. The predicted molar refractivity (Wildman–Crippen MR) is 94.8 cm³/mol. The lowest BCUT2D eigenvalue weighted by Gasteiger charge is -2.19. The first-order valence-electron chi connectivity index (χ1n) is 8.01.